The summed E-state index contributed by atoms with van der Waals surface area (Å²) in [4.78, 5) is 39.6. The third-order valence-electron chi connectivity index (χ3n) is 5.48. The molecule has 1 N–H and O–H groups in total. The molecule has 0 unspecified atom stereocenters. The van der Waals surface area contributed by atoms with E-state index in [9.17, 15) is 14.4 Å². The fourth-order valence-corrected chi connectivity index (χ4v) is 3.49. The number of carbonyl (C=O) groups is 3. The Morgan fingerprint density at radius 2 is 1.90 bits per heavy atom. The molecule has 1 aromatic heterocycles. The number of piperidine rings is 1. The predicted molar refractivity (Wildman–Crippen MR) is 116 cm³/mol. The lowest BCUT2D eigenvalue weighted by molar-refractivity contribution is -0.150. The Morgan fingerprint density at radius 3 is 2.52 bits per heavy atom. The first kappa shape index (κ1) is 22.3. The minimum atomic E-state index is -0.365. The number of ether oxygens (including phenoxy) is 1. The molecule has 0 atom stereocenters. The SMILES string of the molecule is CCOC(=O)C1CCN(C(=O)C(=Cc2ccco2)NC(=O)c2ccc(C)c(C)c2)CC1. The molecule has 0 bridgehead atoms. The molecule has 164 valence electrons. The molecule has 0 spiro atoms. The van der Waals surface area contributed by atoms with E-state index in [4.69, 9.17) is 9.15 Å². The minimum absolute atomic E-state index is 0.132. The monoisotopic (exact) mass is 424 g/mol. The normalized spacial score (nSPS) is 14.9. The first-order valence-electron chi connectivity index (χ1n) is 10.5. The Kier molecular flexibility index (Phi) is 7.28. The van der Waals surface area contributed by atoms with E-state index in [1.807, 2.05) is 19.9 Å². The van der Waals surface area contributed by atoms with Crippen LogP contribution in [0, 0.1) is 19.8 Å². The third-order valence-corrected chi connectivity index (χ3v) is 5.48. The Labute approximate surface area is 182 Å². The van der Waals surface area contributed by atoms with Crippen LogP contribution >= 0.6 is 0 Å². The summed E-state index contributed by atoms with van der Waals surface area (Å²) in [5.74, 6) is -0.632. The zero-order valence-corrected chi connectivity index (χ0v) is 18.1. The van der Waals surface area contributed by atoms with Crippen molar-refractivity contribution in [2.45, 2.75) is 33.6 Å². The van der Waals surface area contributed by atoms with E-state index in [-0.39, 0.29) is 29.4 Å². The molecule has 1 aliphatic rings. The van der Waals surface area contributed by atoms with E-state index in [2.05, 4.69) is 5.32 Å². The minimum Gasteiger partial charge on any atom is -0.466 e. The average molecular weight is 424 g/mol. The Balaban J connectivity index is 1.75. The highest BCUT2D eigenvalue weighted by Crippen LogP contribution is 2.21. The highest BCUT2D eigenvalue weighted by Gasteiger charge is 2.30. The van der Waals surface area contributed by atoms with Crippen LogP contribution in [0.3, 0.4) is 0 Å². The van der Waals surface area contributed by atoms with Crippen LogP contribution < -0.4 is 5.32 Å². The van der Waals surface area contributed by atoms with Crippen molar-refractivity contribution in [3.63, 3.8) is 0 Å². The summed E-state index contributed by atoms with van der Waals surface area (Å²) in [6, 6.07) is 8.83. The average Bonchev–Trinajstić information content (AvgIpc) is 3.28. The lowest BCUT2D eigenvalue weighted by atomic mass is 9.97. The molecule has 1 aromatic carbocycles. The number of esters is 1. The molecule has 0 aliphatic carbocycles. The van der Waals surface area contributed by atoms with E-state index in [0.29, 0.717) is 43.9 Å². The van der Waals surface area contributed by atoms with Crippen LogP contribution in [0.2, 0.25) is 0 Å². The largest absolute Gasteiger partial charge is 0.466 e. The van der Waals surface area contributed by atoms with Crippen LogP contribution in [0.15, 0.2) is 46.7 Å². The molecule has 31 heavy (non-hydrogen) atoms. The van der Waals surface area contributed by atoms with Gasteiger partial charge in [0.25, 0.3) is 11.8 Å². The molecular weight excluding hydrogens is 396 g/mol. The second-order valence-corrected chi connectivity index (χ2v) is 7.65. The van der Waals surface area contributed by atoms with Gasteiger partial charge in [0.1, 0.15) is 11.5 Å². The van der Waals surface area contributed by atoms with Crippen molar-refractivity contribution in [1.82, 2.24) is 10.2 Å². The number of rotatable bonds is 6. The van der Waals surface area contributed by atoms with Gasteiger partial charge in [-0.2, -0.15) is 0 Å². The highest BCUT2D eigenvalue weighted by molar-refractivity contribution is 6.05. The van der Waals surface area contributed by atoms with Gasteiger partial charge in [-0.1, -0.05) is 6.07 Å². The van der Waals surface area contributed by atoms with E-state index in [1.165, 1.54) is 12.3 Å². The number of hydrogen-bond donors (Lipinski definition) is 1. The molecule has 3 rings (SSSR count). The van der Waals surface area contributed by atoms with Gasteiger partial charge >= 0.3 is 5.97 Å². The fraction of sp³-hybridized carbons (Fsp3) is 0.375. The van der Waals surface area contributed by atoms with Crippen molar-refractivity contribution in [2.75, 3.05) is 19.7 Å². The van der Waals surface area contributed by atoms with E-state index in [1.54, 1.807) is 36.1 Å². The number of nitrogens with one attached hydrogen (secondary N) is 1. The molecule has 2 aromatic rings. The van der Waals surface area contributed by atoms with Gasteiger partial charge in [-0.3, -0.25) is 14.4 Å². The van der Waals surface area contributed by atoms with E-state index in [0.717, 1.165) is 11.1 Å². The molecule has 2 amide bonds. The number of furan rings is 1. The summed E-state index contributed by atoms with van der Waals surface area (Å²) >= 11 is 0. The van der Waals surface area contributed by atoms with Gasteiger partial charge in [-0.25, -0.2) is 0 Å². The molecule has 1 fully saturated rings. The number of aryl methyl sites for hydroxylation is 2. The molecule has 1 saturated heterocycles. The number of carbonyl (C=O) groups excluding carboxylic acids is 3. The number of amides is 2. The number of likely N-dealkylation sites (tertiary alicyclic amines) is 1. The molecule has 0 radical (unpaired) electrons. The lowest BCUT2D eigenvalue weighted by Gasteiger charge is -2.31. The summed E-state index contributed by atoms with van der Waals surface area (Å²) in [6.07, 6.45) is 4.09. The molecule has 2 heterocycles. The van der Waals surface area contributed by atoms with Gasteiger partial charge in [-0.15, -0.1) is 0 Å². The molecule has 1 aliphatic heterocycles. The van der Waals surface area contributed by atoms with Crippen LogP contribution in [-0.2, 0) is 14.3 Å². The van der Waals surface area contributed by atoms with E-state index >= 15 is 0 Å². The summed E-state index contributed by atoms with van der Waals surface area (Å²) in [7, 11) is 0. The summed E-state index contributed by atoms with van der Waals surface area (Å²) in [6.45, 7) is 6.86. The smallest absolute Gasteiger partial charge is 0.309 e. The Hall–Kier alpha value is -3.35. The summed E-state index contributed by atoms with van der Waals surface area (Å²) in [5.41, 5.74) is 2.69. The Bertz CT molecular complexity index is 970. The van der Waals surface area contributed by atoms with Crippen molar-refractivity contribution in [1.29, 1.82) is 0 Å². The van der Waals surface area contributed by atoms with Gasteiger partial charge in [0.2, 0.25) is 0 Å². The van der Waals surface area contributed by atoms with Crippen LogP contribution in [-0.4, -0.2) is 42.4 Å². The molecule has 7 nitrogen and oxygen atoms in total. The number of benzene rings is 1. The maximum atomic E-state index is 13.2. The second kappa shape index (κ2) is 10.1. The third kappa shape index (κ3) is 5.63. The lowest BCUT2D eigenvalue weighted by Crippen LogP contribution is -2.44. The predicted octanol–water partition coefficient (Wildman–Crippen LogP) is 3.47. The van der Waals surface area contributed by atoms with Gasteiger partial charge in [0.05, 0.1) is 18.8 Å². The van der Waals surface area contributed by atoms with Crippen LogP contribution in [0.25, 0.3) is 6.08 Å². The van der Waals surface area contributed by atoms with Gasteiger partial charge in [-0.05, 0) is 69.0 Å². The number of hydrogen-bond acceptors (Lipinski definition) is 5. The van der Waals surface area contributed by atoms with E-state index < -0.39 is 0 Å². The molecular formula is C24H28N2O5. The van der Waals surface area contributed by atoms with Gasteiger partial charge in [0, 0.05) is 24.7 Å². The second-order valence-electron chi connectivity index (χ2n) is 7.65. The first-order valence-corrected chi connectivity index (χ1v) is 10.5. The Morgan fingerprint density at radius 1 is 1.16 bits per heavy atom. The van der Waals surface area contributed by atoms with Gasteiger partial charge < -0.3 is 19.4 Å². The van der Waals surface area contributed by atoms with Crippen molar-refractivity contribution in [3.05, 3.63) is 64.7 Å². The summed E-state index contributed by atoms with van der Waals surface area (Å²) < 4.78 is 10.4. The van der Waals surface area contributed by atoms with Crippen LogP contribution in [0.1, 0.15) is 47.0 Å². The quantitative estimate of drug-likeness (QED) is 0.567. The maximum absolute atomic E-state index is 13.2. The zero-order chi connectivity index (χ0) is 22.4. The maximum Gasteiger partial charge on any atom is 0.309 e. The van der Waals surface area contributed by atoms with Gasteiger partial charge in [0.15, 0.2) is 0 Å². The van der Waals surface area contributed by atoms with Crippen molar-refractivity contribution >= 4 is 23.9 Å². The molecule has 7 heteroatoms. The van der Waals surface area contributed by atoms with Crippen LogP contribution in [0.4, 0.5) is 0 Å². The zero-order valence-electron chi connectivity index (χ0n) is 18.1. The standard InChI is InChI=1S/C24H28N2O5/c1-4-30-24(29)18-9-11-26(12-10-18)23(28)21(15-20-6-5-13-31-20)25-22(27)19-8-7-16(2)17(3)14-19/h5-8,13-15,18H,4,9-12H2,1-3H3,(H,25,27). The summed E-state index contributed by atoms with van der Waals surface area (Å²) in [5, 5.41) is 2.75. The van der Waals surface area contributed by atoms with Crippen molar-refractivity contribution in [3.8, 4) is 0 Å². The van der Waals surface area contributed by atoms with Crippen molar-refractivity contribution in [2.24, 2.45) is 5.92 Å². The first-order chi connectivity index (χ1) is 14.9. The topological polar surface area (TPSA) is 88.8 Å². The van der Waals surface area contributed by atoms with Crippen LogP contribution in [0.5, 0.6) is 0 Å². The van der Waals surface area contributed by atoms with Crippen molar-refractivity contribution < 1.29 is 23.5 Å². The highest BCUT2D eigenvalue weighted by atomic mass is 16.5. The number of nitrogens with zero attached hydrogens (tertiary/aromatic N) is 1. The molecule has 0 saturated carbocycles. The fourth-order valence-electron chi connectivity index (χ4n) is 3.49.